The Balaban J connectivity index is 1.96. The summed E-state index contributed by atoms with van der Waals surface area (Å²) in [6.07, 6.45) is 0.356. The van der Waals surface area contributed by atoms with Gasteiger partial charge in [-0.15, -0.1) is 11.8 Å². The Bertz CT molecular complexity index is 614. The van der Waals surface area contributed by atoms with Crippen molar-refractivity contribution in [1.29, 1.82) is 0 Å². The molecule has 0 aliphatic carbocycles. The van der Waals surface area contributed by atoms with Gasteiger partial charge in [0, 0.05) is 12.5 Å². The van der Waals surface area contributed by atoms with E-state index in [1.165, 1.54) is 17.8 Å². The third kappa shape index (κ3) is 3.93. The third-order valence-electron chi connectivity index (χ3n) is 2.69. The van der Waals surface area contributed by atoms with Crippen LogP contribution in [0, 0.1) is 10.1 Å². The van der Waals surface area contributed by atoms with Gasteiger partial charge in [0.2, 0.25) is 0 Å². The van der Waals surface area contributed by atoms with Crippen LogP contribution in [-0.4, -0.2) is 16.5 Å². The molecule has 2 aromatic rings. The lowest BCUT2D eigenvalue weighted by atomic mass is 10.1. The van der Waals surface area contributed by atoms with Crippen LogP contribution in [0.1, 0.15) is 5.56 Å². The molecule has 102 valence electrons. The average Bonchev–Trinajstić information content (AvgIpc) is 2.46. The molecule has 0 N–H and O–H groups in total. The van der Waals surface area contributed by atoms with Crippen molar-refractivity contribution >= 4 is 23.2 Å². The summed E-state index contributed by atoms with van der Waals surface area (Å²) in [7, 11) is 0. The first kappa shape index (κ1) is 14.3. The van der Waals surface area contributed by atoms with Crippen LogP contribution in [0.3, 0.4) is 0 Å². The minimum atomic E-state index is -0.427. The molecule has 0 unspecified atom stereocenters. The highest BCUT2D eigenvalue weighted by Crippen LogP contribution is 2.28. The highest BCUT2D eigenvalue weighted by molar-refractivity contribution is 8.00. The van der Waals surface area contributed by atoms with Gasteiger partial charge in [-0.3, -0.25) is 14.9 Å². The van der Waals surface area contributed by atoms with Crippen LogP contribution in [0.4, 0.5) is 5.69 Å². The SMILES string of the molecule is O=C(CSc1ccccc1[N+](=O)[O-])Cc1ccccc1. The molecule has 0 aromatic heterocycles. The Kier molecular flexibility index (Phi) is 4.90. The Morgan fingerprint density at radius 3 is 2.40 bits per heavy atom. The molecule has 0 heterocycles. The quantitative estimate of drug-likeness (QED) is 0.463. The van der Waals surface area contributed by atoms with Gasteiger partial charge in [0.15, 0.2) is 0 Å². The Morgan fingerprint density at radius 2 is 1.70 bits per heavy atom. The smallest absolute Gasteiger partial charge is 0.282 e. The maximum absolute atomic E-state index is 11.9. The van der Waals surface area contributed by atoms with Crippen LogP contribution in [0.5, 0.6) is 0 Å². The number of Topliss-reactive ketones (excluding diaryl/α,β-unsaturated/α-hetero) is 1. The van der Waals surface area contributed by atoms with Crippen LogP contribution in [0.2, 0.25) is 0 Å². The van der Waals surface area contributed by atoms with Gasteiger partial charge in [-0.05, 0) is 11.6 Å². The van der Waals surface area contributed by atoms with Crippen molar-refractivity contribution in [2.45, 2.75) is 11.3 Å². The van der Waals surface area contributed by atoms with Gasteiger partial charge in [-0.1, -0.05) is 42.5 Å². The van der Waals surface area contributed by atoms with Crippen LogP contribution in [-0.2, 0) is 11.2 Å². The topological polar surface area (TPSA) is 60.2 Å². The minimum absolute atomic E-state index is 0.0463. The molecule has 2 rings (SSSR count). The number of carbonyl (C=O) groups excluding carboxylic acids is 1. The molecule has 0 saturated carbocycles. The molecule has 0 saturated heterocycles. The summed E-state index contributed by atoms with van der Waals surface area (Å²) in [6, 6.07) is 15.9. The summed E-state index contributed by atoms with van der Waals surface area (Å²) in [4.78, 5) is 22.8. The Hall–Kier alpha value is -2.14. The molecule has 0 atom stereocenters. The van der Waals surface area contributed by atoms with Crippen molar-refractivity contribution in [2.75, 3.05) is 5.75 Å². The molecule has 0 spiro atoms. The van der Waals surface area contributed by atoms with Gasteiger partial charge in [0.25, 0.3) is 5.69 Å². The number of hydrogen-bond donors (Lipinski definition) is 0. The van der Waals surface area contributed by atoms with E-state index in [9.17, 15) is 14.9 Å². The number of para-hydroxylation sites is 1. The van der Waals surface area contributed by atoms with Crippen molar-refractivity contribution in [1.82, 2.24) is 0 Å². The molecule has 0 radical (unpaired) electrons. The molecule has 4 nitrogen and oxygen atoms in total. The van der Waals surface area contributed by atoms with Crippen molar-refractivity contribution in [3.63, 3.8) is 0 Å². The largest absolute Gasteiger partial charge is 0.298 e. The molecule has 0 amide bonds. The lowest BCUT2D eigenvalue weighted by Crippen LogP contribution is -2.05. The van der Waals surface area contributed by atoms with Gasteiger partial charge in [0.1, 0.15) is 5.78 Å². The summed E-state index contributed by atoms with van der Waals surface area (Å²) in [6.45, 7) is 0. The highest BCUT2D eigenvalue weighted by atomic mass is 32.2. The van der Waals surface area contributed by atoms with Crippen LogP contribution in [0.25, 0.3) is 0 Å². The zero-order valence-electron chi connectivity index (χ0n) is 10.7. The number of thioether (sulfide) groups is 1. The van der Waals surface area contributed by atoms with E-state index in [4.69, 9.17) is 0 Å². The number of rotatable bonds is 6. The predicted molar refractivity (Wildman–Crippen MR) is 79.0 cm³/mol. The number of hydrogen-bond acceptors (Lipinski definition) is 4. The second kappa shape index (κ2) is 6.86. The first-order valence-electron chi connectivity index (χ1n) is 6.08. The number of carbonyl (C=O) groups is 1. The van der Waals surface area contributed by atoms with E-state index in [1.807, 2.05) is 30.3 Å². The summed E-state index contributed by atoms with van der Waals surface area (Å²) < 4.78 is 0. The lowest BCUT2D eigenvalue weighted by Gasteiger charge is -2.03. The Morgan fingerprint density at radius 1 is 1.05 bits per heavy atom. The fraction of sp³-hybridized carbons (Fsp3) is 0.133. The summed E-state index contributed by atoms with van der Waals surface area (Å²) in [5.74, 6) is 0.291. The van der Waals surface area contributed by atoms with Crippen LogP contribution in [0.15, 0.2) is 59.5 Å². The number of ketones is 1. The van der Waals surface area contributed by atoms with Gasteiger partial charge >= 0.3 is 0 Å². The molecular weight excluding hydrogens is 274 g/mol. The number of nitrogens with zero attached hydrogens (tertiary/aromatic N) is 1. The fourth-order valence-electron chi connectivity index (χ4n) is 1.76. The average molecular weight is 287 g/mol. The number of nitro groups is 1. The first-order chi connectivity index (χ1) is 9.66. The van der Waals surface area contributed by atoms with E-state index in [0.29, 0.717) is 11.3 Å². The molecule has 0 aliphatic heterocycles. The van der Waals surface area contributed by atoms with Gasteiger partial charge in [-0.25, -0.2) is 0 Å². The van der Waals surface area contributed by atoms with Crippen LogP contribution >= 0.6 is 11.8 Å². The van der Waals surface area contributed by atoms with E-state index in [0.717, 1.165) is 5.56 Å². The summed E-state index contributed by atoms with van der Waals surface area (Å²) >= 11 is 1.21. The van der Waals surface area contributed by atoms with Gasteiger partial charge < -0.3 is 0 Å². The molecule has 0 bridgehead atoms. The molecule has 20 heavy (non-hydrogen) atoms. The number of benzene rings is 2. The van der Waals surface area contributed by atoms with Crippen molar-refractivity contribution in [3.05, 3.63) is 70.3 Å². The first-order valence-corrected chi connectivity index (χ1v) is 7.07. The maximum atomic E-state index is 11.9. The Labute approximate surface area is 121 Å². The third-order valence-corrected chi connectivity index (χ3v) is 3.82. The minimum Gasteiger partial charge on any atom is -0.298 e. The lowest BCUT2D eigenvalue weighted by molar-refractivity contribution is -0.387. The maximum Gasteiger partial charge on any atom is 0.282 e. The monoisotopic (exact) mass is 287 g/mol. The summed E-state index contributed by atoms with van der Waals surface area (Å²) in [5.41, 5.74) is 1.01. The summed E-state index contributed by atoms with van der Waals surface area (Å²) in [5, 5.41) is 10.9. The van der Waals surface area contributed by atoms with Crippen LogP contribution < -0.4 is 0 Å². The second-order valence-corrected chi connectivity index (χ2v) is 5.23. The van der Waals surface area contributed by atoms with E-state index in [-0.39, 0.29) is 17.2 Å². The second-order valence-electron chi connectivity index (χ2n) is 4.21. The molecule has 0 aliphatic rings. The van der Waals surface area contributed by atoms with Gasteiger partial charge in [0.05, 0.1) is 15.6 Å². The van der Waals surface area contributed by atoms with Crippen molar-refractivity contribution in [3.8, 4) is 0 Å². The fourth-order valence-corrected chi connectivity index (χ4v) is 2.65. The van der Waals surface area contributed by atoms with E-state index >= 15 is 0 Å². The molecule has 2 aromatic carbocycles. The predicted octanol–water partition coefficient (Wildman–Crippen LogP) is 3.50. The van der Waals surface area contributed by atoms with E-state index < -0.39 is 4.92 Å². The molecule has 0 fully saturated rings. The zero-order chi connectivity index (χ0) is 14.4. The van der Waals surface area contributed by atoms with Gasteiger partial charge in [-0.2, -0.15) is 0 Å². The van der Waals surface area contributed by atoms with Crippen molar-refractivity contribution < 1.29 is 9.72 Å². The molecule has 5 heteroatoms. The molecular formula is C15H13NO3S. The number of nitro benzene ring substituents is 1. The highest BCUT2D eigenvalue weighted by Gasteiger charge is 2.14. The normalized spacial score (nSPS) is 10.2. The standard InChI is InChI=1S/C15H13NO3S/c17-13(10-12-6-2-1-3-7-12)11-20-15-9-5-4-8-14(15)16(18)19/h1-9H,10-11H2. The van der Waals surface area contributed by atoms with E-state index in [2.05, 4.69) is 0 Å². The van der Waals surface area contributed by atoms with Crippen molar-refractivity contribution in [2.24, 2.45) is 0 Å². The zero-order valence-corrected chi connectivity index (χ0v) is 11.5. The van der Waals surface area contributed by atoms with E-state index in [1.54, 1.807) is 18.2 Å².